The summed E-state index contributed by atoms with van der Waals surface area (Å²) in [6, 6.07) is 7.86. The Labute approximate surface area is 123 Å². The molecule has 1 heterocycles. The minimum absolute atomic E-state index is 0.112. The summed E-state index contributed by atoms with van der Waals surface area (Å²) in [6.45, 7) is 6.58. The highest BCUT2D eigenvalue weighted by Gasteiger charge is 2.16. The van der Waals surface area contributed by atoms with Gasteiger partial charge in [0.25, 0.3) is 5.56 Å². The summed E-state index contributed by atoms with van der Waals surface area (Å²) in [5.74, 6) is 0.369. The maximum Gasteiger partial charge on any atom is 0.253 e. The van der Waals surface area contributed by atoms with E-state index in [2.05, 4.69) is 10.3 Å². The predicted molar refractivity (Wildman–Crippen MR) is 80.8 cm³/mol. The van der Waals surface area contributed by atoms with Gasteiger partial charge < -0.3 is 5.32 Å². The van der Waals surface area contributed by atoms with Gasteiger partial charge >= 0.3 is 0 Å². The van der Waals surface area contributed by atoms with E-state index in [9.17, 15) is 9.18 Å². The Morgan fingerprint density at radius 2 is 2.05 bits per heavy atom. The maximum atomic E-state index is 14.0. The molecule has 0 saturated carbocycles. The standard InChI is InChI=1S/C16H20FN3O/c1-4-18-15(13-7-5-6-8-14(13)17)10-20-12(3)19-11(2)9-16(20)21/h5-9,15,18H,4,10H2,1-3H3. The van der Waals surface area contributed by atoms with Crippen LogP contribution in [0.3, 0.4) is 0 Å². The fourth-order valence-electron chi connectivity index (χ4n) is 2.45. The quantitative estimate of drug-likeness (QED) is 0.919. The fourth-order valence-corrected chi connectivity index (χ4v) is 2.45. The van der Waals surface area contributed by atoms with E-state index in [1.807, 2.05) is 6.92 Å². The van der Waals surface area contributed by atoms with Gasteiger partial charge in [-0.25, -0.2) is 9.37 Å². The van der Waals surface area contributed by atoms with Crippen LogP contribution in [0.25, 0.3) is 0 Å². The highest BCUT2D eigenvalue weighted by Crippen LogP contribution is 2.18. The number of rotatable bonds is 5. The van der Waals surface area contributed by atoms with Crippen LogP contribution < -0.4 is 10.9 Å². The molecule has 0 amide bonds. The van der Waals surface area contributed by atoms with E-state index in [0.717, 1.165) is 0 Å². The number of likely N-dealkylation sites (N-methyl/N-ethyl adjacent to an activating group) is 1. The number of hydrogen-bond donors (Lipinski definition) is 1. The van der Waals surface area contributed by atoms with Crippen molar-refractivity contribution in [3.8, 4) is 0 Å². The zero-order valence-corrected chi connectivity index (χ0v) is 12.6. The number of hydrogen-bond acceptors (Lipinski definition) is 3. The van der Waals surface area contributed by atoms with Crippen molar-refractivity contribution in [1.82, 2.24) is 14.9 Å². The molecule has 5 heteroatoms. The molecule has 0 aliphatic heterocycles. The zero-order valence-electron chi connectivity index (χ0n) is 12.6. The highest BCUT2D eigenvalue weighted by atomic mass is 19.1. The van der Waals surface area contributed by atoms with Crippen molar-refractivity contribution in [3.05, 3.63) is 63.6 Å². The number of benzene rings is 1. The molecule has 21 heavy (non-hydrogen) atoms. The summed E-state index contributed by atoms with van der Waals surface area (Å²) in [5, 5.41) is 3.23. The average molecular weight is 289 g/mol. The normalized spacial score (nSPS) is 12.4. The minimum atomic E-state index is -0.269. The third-order valence-corrected chi connectivity index (χ3v) is 3.42. The average Bonchev–Trinajstić information content (AvgIpc) is 2.42. The van der Waals surface area contributed by atoms with E-state index in [1.165, 1.54) is 12.1 Å². The van der Waals surface area contributed by atoms with Crippen molar-refractivity contribution in [3.63, 3.8) is 0 Å². The second kappa shape index (κ2) is 6.63. The Bertz CT molecular complexity index is 681. The number of aromatic nitrogens is 2. The Morgan fingerprint density at radius 3 is 2.67 bits per heavy atom. The molecule has 112 valence electrons. The largest absolute Gasteiger partial charge is 0.309 e. The van der Waals surface area contributed by atoms with Gasteiger partial charge in [-0.2, -0.15) is 0 Å². The first kappa shape index (κ1) is 15.4. The molecule has 1 aromatic heterocycles. The summed E-state index contributed by atoms with van der Waals surface area (Å²) >= 11 is 0. The summed E-state index contributed by atoms with van der Waals surface area (Å²) in [7, 11) is 0. The van der Waals surface area contributed by atoms with Crippen LogP contribution in [0.2, 0.25) is 0 Å². The smallest absolute Gasteiger partial charge is 0.253 e. The third-order valence-electron chi connectivity index (χ3n) is 3.42. The lowest BCUT2D eigenvalue weighted by atomic mass is 10.1. The van der Waals surface area contributed by atoms with Crippen LogP contribution in [0.1, 0.15) is 30.0 Å². The monoisotopic (exact) mass is 289 g/mol. The first-order valence-electron chi connectivity index (χ1n) is 7.05. The van der Waals surface area contributed by atoms with Gasteiger partial charge in [-0.05, 0) is 26.5 Å². The molecule has 4 nitrogen and oxygen atoms in total. The van der Waals surface area contributed by atoms with E-state index in [4.69, 9.17) is 0 Å². The van der Waals surface area contributed by atoms with E-state index in [-0.39, 0.29) is 17.4 Å². The third kappa shape index (κ3) is 3.55. The van der Waals surface area contributed by atoms with Crippen LogP contribution >= 0.6 is 0 Å². The van der Waals surface area contributed by atoms with Crippen molar-refractivity contribution in [2.75, 3.05) is 6.54 Å². The summed E-state index contributed by atoms with van der Waals surface area (Å²) < 4.78 is 15.6. The SMILES string of the molecule is CCNC(Cn1c(C)nc(C)cc1=O)c1ccccc1F. The summed E-state index contributed by atoms with van der Waals surface area (Å²) in [5.41, 5.74) is 1.14. The minimum Gasteiger partial charge on any atom is -0.309 e. The van der Waals surface area contributed by atoms with Crippen LogP contribution in [-0.2, 0) is 6.54 Å². The van der Waals surface area contributed by atoms with Gasteiger partial charge in [0.05, 0.1) is 6.04 Å². The Hall–Kier alpha value is -2.01. The molecule has 0 saturated heterocycles. The number of nitrogens with zero attached hydrogens (tertiary/aromatic N) is 2. The van der Waals surface area contributed by atoms with Crippen LogP contribution in [0.4, 0.5) is 4.39 Å². The van der Waals surface area contributed by atoms with Gasteiger partial charge in [-0.15, -0.1) is 0 Å². The highest BCUT2D eigenvalue weighted by molar-refractivity contribution is 5.21. The molecule has 1 aromatic carbocycles. The molecule has 1 unspecified atom stereocenters. The van der Waals surface area contributed by atoms with E-state index >= 15 is 0 Å². The van der Waals surface area contributed by atoms with Crippen LogP contribution in [-0.4, -0.2) is 16.1 Å². The number of halogens is 1. The van der Waals surface area contributed by atoms with Gasteiger partial charge in [0.15, 0.2) is 0 Å². The van der Waals surface area contributed by atoms with Gasteiger partial charge in [0, 0.05) is 23.9 Å². The molecular formula is C16H20FN3O. The first-order valence-corrected chi connectivity index (χ1v) is 7.05. The van der Waals surface area contributed by atoms with Crippen molar-refractivity contribution in [2.24, 2.45) is 0 Å². The molecule has 0 aliphatic rings. The lowest BCUT2D eigenvalue weighted by molar-refractivity contribution is 0.438. The number of nitrogens with one attached hydrogen (secondary N) is 1. The van der Waals surface area contributed by atoms with Crippen molar-refractivity contribution < 1.29 is 4.39 Å². The van der Waals surface area contributed by atoms with Crippen molar-refractivity contribution in [2.45, 2.75) is 33.4 Å². The zero-order chi connectivity index (χ0) is 15.4. The van der Waals surface area contributed by atoms with Crippen LogP contribution in [0.15, 0.2) is 35.1 Å². The van der Waals surface area contributed by atoms with Crippen molar-refractivity contribution in [1.29, 1.82) is 0 Å². The van der Waals surface area contributed by atoms with Gasteiger partial charge in [-0.3, -0.25) is 9.36 Å². The van der Waals surface area contributed by atoms with E-state index in [0.29, 0.717) is 30.2 Å². The Kier molecular flexibility index (Phi) is 4.85. The molecule has 1 N–H and O–H groups in total. The van der Waals surface area contributed by atoms with E-state index < -0.39 is 0 Å². The molecule has 0 fully saturated rings. The molecule has 0 bridgehead atoms. The van der Waals surface area contributed by atoms with Gasteiger partial charge in [0.1, 0.15) is 11.6 Å². The lowest BCUT2D eigenvalue weighted by Crippen LogP contribution is -2.32. The molecule has 2 aromatic rings. The van der Waals surface area contributed by atoms with Crippen LogP contribution in [0, 0.1) is 19.7 Å². The van der Waals surface area contributed by atoms with Crippen LogP contribution in [0.5, 0.6) is 0 Å². The first-order chi connectivity index (χ1) is 10.0. The summed E-state index contributed by atoms with van der Waals surface area (Å²) in [4.78, 5) is 16.4. The molecule has 0 spiro atoms. The molecule has 2 rings (SSSR count). The summed E-state index contributed by atoms with van der Waals surface area (Å²) in [6.07, 6.45) is 0. The topological polar surface area (TPSA) is 46.9 Å². The molecule has 0 aliphatic carbocycles. The predicted octanol–water partition coefficient (Wildman–Crippen LogP) is 2.35. The second-order valence-corrected chi connectivity index (χ2v) is 5.03. The Balaban J connectivity index is 2.38. The number of aryl methyl sites for hydroxylation is 2. The molecular weight excluding hydrogens is 269 g/mol. The second-order valence-electron chi connectivity index (χ2n) is 5.03. The molecule has 0 radical (unpaired) electrons. The van der Waals surface area contributed by atoms with Gasteiger partial charge in [0.2, 0.25) is 0 Å². The lowest BCUT2D eigenvalue weighted by Gasteiger charge is -2.21. The fraction of sp³-hybridized carbons (Fsp3) is 0.375. The Morgan fingerprint density at radius 1 is 1.33 bits per heavy atom. The van der Waals surface area contributed by atoms with Gasteiger partial charge in [-0.1, -0.05) is 25.1 Å². The van der Waals surface area contributed by atoms with E-state index in [1.54, 1.807) is 36.6 Å². The maximum absolute atomic E-state index is 14.0. The van der Waals surface area contributed by atoms with Crippen molar-refractivity contribution >= 4 is 0 Å². The molecule has 1 atom stereocenters.